The van der Waals surface area contributed by atoms with Crippen LogP contribution in [0.2, 0.25) is 0 Å². The molecule has 0 spiro atoms. The molecular formula is C17H24N2O3. The zero-order valence-corrected chi connectivity index (χ0v) is 13.5. The van der Waals surface area contributed by atoms with Gasteiger partial charge in [0.05, 0.1) is 13.0 Å². The Morgan fingerprint density at radius 2 is 2.05 bits per heavy atom. The summed E-state index contributed by atoms with van der Waals surface area (Å²) in [5.41, 5.74) is 1.97. The average Bonchev–Trinajstić information content (AvgIpc) is 2.50. The molecule has 1 aliphatic rings. The van der Waals surface area contributed by atoms with Gasteiger partial charge in [0.15, 0.2) is 0 Å². The van der Waals surface area contributed by atoms with Gasteiger partial charge in [-0.25, -0.2) is 0 Å². The molecule has 22 heavy (non-hydrogen) atoms. The first kappa shape index (κ1) is 16.5. The second-order valence-electron chi connectivity index (χ2n) is 5.81. The Morgan fingerprint density at radius 1 is 1.36 bits per heavy atom. The minimum absolute atomic E-state index is 0.0568. The lowest BCUT2D eigenvalue weighted by molar-refractivity contribution is -0.154. The molecule has 1 saturated heterocycles. The number of hydrogen-bond donors (Lipinski definition) is 1. The van der Waals surface area contributed by atoms with Crippen molar-refractivity contribution in [2.24, 2.45) is 0 Å². The van der Waals surface area contributed by atoms with Crippen LogP contribution in [0.3, 0.4) is 0 Å². The Hall–Kier alpha value is -1.88. The van der Waals surface area contributed by atoms with Crippen molar-refractivity contribution in [3.8, 4) is 0 Å². The van der Waals surface area contributed by atoms with Gasteiger partial charge >= 0.3 is 0 Å². The van der Waals surface area contributed by atoms with Gasteiger partial charge in [0.2, 0.25) is 5.91 Å². The smallest absolute Gasteiger partial charge is 0.252 e. The second kappa shape index (κ2) is 7.40. The molecule has 1 aromatic carbocycles. The third-order valence-corrected chi connectivity index (χ3v) is 3.88. The summed E-state index contributed by atoms with van der Waals surface area (Å²) < 4.78 is 5.43. The molecule has 5 nitrogen and oxygen atoms in total. The summed E-state index contributed by atoms with van der Waals surface area (Å²) in [5, 5.41) is 2.82. The minimum Gasteiger partial charge on any atom is -0.366 e. The van der Waals surface area contributed by atoms with Crippen molar-refractivity contribution in [1.29, 1.82) is 0 Å². The Labute approximate surface area is 131 Å². The van der Waals surface area contributed by atoms with Crippen LogP contribution in [0.25, 0.3) is 0 Å². The van der Waals surface area contributed by atoms with E-state index in [1.807, 2.05) is 31.2 Å². The highest BCUT2D eigenvalue weighted by atomic mass is 16.5. The van der Waals surface area contributed by atoms with Gasteiger partial charge < -0.3 is 15.0 Å². The monoisotopic (exact) mass is 304 g/mol. The van der Waals surface area contributed by atoms with Crippen LogP contribution in [0.4, 0.5) is 5.69 Å². The summed E-state index contributed by atoms with van der Waals surface area (Å²) in [6.07, 6.45) is -0.606. The molecule has 0 radical (unpaired) electrons. The predicted octanol–water partition coefficient (Wildman–Crippen LogP) is 2.39. The molecule has 1 atom stereocenters. The Morgan fingerprint density at radius 3 is 2.64 bits per heavy atom. The lowest BCUT2D eigenvalue weighted by Gasteiger charge is -2.31. The van der Waals surface area contributed by atoms with E-state index in [1.165, 1.54) is 5.56 Å². The Balaban J connectivity index is 1.91. The molecule has 0 saturated carbocycles. The van der Waals surface area contributed by atoms with E-state index in [2.05, 4.69) is 19.2 Å². The SMILES string of the molecule is CCN1CCO[C@@H](CC(=O)Nc2ccc(C(C)C)cc2)C1=O. The minimum atomic E-state index is -0.663. The summed E-state index contributed by atoms with van der Waals surface area (Å²) in [7, 11) is 0. The number of nitrogens with one attached hydrogen (secondary N) is 1. The lowest BCUT2D eigenvalue weighted by Crippen LogP contribution is -2.48. The zero-order chi connectivity index (χ0) is 16.1. The molecule has 0 bridgehead atoms. The molecular weight excluding hydrogens is 280 g/mol. The number of carbonyl (C=O) groups excluding carboxylic acids is 2. The van der Waals surface area contributed by atoms with Crippen LogP contribution in [-0.2, 0) is 14.3 Å². The van der Waals surface area contributed by atoms with Gasteiger partial charge in [-0.2, -0.15) is 0 Å². The molecule has 1 fully saturated rings. The van der Waals surface area contributed by atoms with E-state index in [9.17, 15) is 9.59 Å². The summed E-state index contributed by atoms with van der Waals surface area (Å²) in [6, 6.07) is 7.77. The van der Waals surface area contributed by atoms with Crippen LogP contribution in [0.1, 0.15) is 38.7 Å². The zero-order valence-electron chi connectivity index (χ0n) is 13.5. The van der Waals surface area contributed by atoms with Gasteiger partial charge in [-0.15, -0.1) is 0 Å². The van der Waals surface area contributed by atoms with Crippen molar-refractivity contribution in [2.45, 2.75) is 39.2 Å². The number of rotatable bonds is 5. The molecule has 1 N–H and O–H groups in total. The molecule has 2 rings (SSSR count). The molecule has 1 heterocycles. The third kappa shape index (κ3) is 4.07. The first-order chi connectivity index (χ1) is 10.5. The van der Waals surface area contributed by atoms with E-state index in [4.69, 9.17) is 4.74 Å². The van der Waals surface area contributed by atoms with Crippen LogP contribution >= 0.6 is 0 Å². The maximum Gasteiger partial charge on any atom is 0.252 e. The standard InChI is InChI=1S/C17H24N2O3/c1-4-19-9-10-22-15(17(19)21)11-16(20)18-14-7-5-13(6-8-14)12(2)3/h5-8,12,15H,4,9-11H2,1-3H3,(H,18,20)/t15-/m0/s1. The normalized spacial score (nSPS) is 18.6. The summed E-state index contributed by atoms with van der Waals surface area (Å²) in [4.78, 5) is 25.9. The molecule has 5 heteroatoms. The summed E-state index contributed by atoms with van der Waals surface area (Å²) in [5.74, 6) is 0.158. The fourth-order valence-corrected chi connectivity index (χ4v) is 2.48. The first-order valence-corrected chi connectivity index (χ1v) is 7.81. The van der Waals surface area contributed by atoms with Crippen LogP contribution in [0.15, 0.2) is 24.3 Å². The van der Waals surface area contributed by atoms with Crippen molar-refractivity contribution < 1.29 is 14.3 Å². The Kier molecular flexibility index (Phi) is 5.55. The van der Waals surface area contributed by atoms with E-state index in [0.29, 0.717) is 25.6 Å². The van der Waals surface area contributed by atoms with E-state index in [1.54, 1.807) is 4.90 Å². The van der Waals surface area contributed by atoms with Crippen LogP contribution in [0, 0.1) is 0 Å². The second-order valence-corrected chi connectivity index (χ2v) is 5.81. The number of ether oxygens (including phenoxy) is 1. The first-order valence-electron chi connectivity index (χ1n) is 7.81. The summed E-state index contributed by atoms with van der Waals surface area (Å²) in [6.45, 7) is 7.91. The highest BCUT2D eigenvalue weighted by molar-refractivity contribution is 5.95. The fraction of sp³-hybridized carbons (Fsp3) is 0.529. The number of carbonyl (C=O) groups is 2. The van der Waals surface area contributed by atoms with Gasteiger partial charge in [0.25, 0.3) is 5.91 Å². The Bertz CT molecular complexity index is 525. The predicted molar refractivity (Wildman–Crippen MR) is 85.8 cm³/mol. The largest absolute Gasteiger partial charge is 0.366 e. The number of hydrogen-bond acceptors (Lipinski definition) is 3. The number of benzene rings is 1. The van der Waals surface area contributed by atoms with Gasteiger partial charge in [-0.3, -0.25) is 9.59 Å². The van der Waals surface area contributed by atoms with Crippen LogP contribution < -0.4 is 5.32 Å². The average molecular weight is 304 g/mol. The highest BCUT2D eigenvalue weighted by Gasteiger charge is 2.30. The van der Waals surface area contributed by atoms with Gasteiger partial charge in [0.1, 0.15) is 6.10 Å². The van der Waals surface area contributed by atoms with Gasteiger partial charge in [-0.1, -0.05) is 26.0 Å². The van der Waals surface area contributed by atoms with Crippen molar-refractivity contribution in [3.05, 3.63) is 29.8 Å². The molecule has 0 aromatic heterocycles. The quantitative estimate of drug-likeness (QED) is 0.908. The molecule has 0 unspecified atom stereocenters. The molecule has 1 aromatic rings. The van der Waals surface area contributed by atoms with Crippen LogP contribution in [0.5, 0.6) is 0 Å². The number of anilines is 1. The topological polar surface area (TPSA) is 58.6 Å². The fourth-order valence-electron chi connectivity index (χ4n) is 2.48. The molecule has 1 aliphatic heterocycles. The third-order valence-electron chi connectivity index (χ3n) is 3.88. The maximum absolute atomic E-state index is 12.1. The van der Waals surface area contributed by atoms with Gasteiger partial charge in [0, 0.05) is 18.8 Å². The van der Waals surface area contributed by atoms with Crippen molar-refractivity contribution in [3.63, 3.8) is 0 Å². The lowest BCUT2D eigenvalue weighted by atomic mass is 10.0. The molecule has 2 amide bonds. The van der Waals surface area contributed by atoms with E-state index < -0.39 is 6.10 Å². The number of likely N-dealkylation sites (N-methyl/N-ethyl adjacent to an activating group) is 1. The molecule has 120 valence electrons. The molecule has 0 aliphatic carbocycles. The van der Waals surface area contributed by atoms with Crippen molar-refractivity contribution >= 4 is 17.5 Å². The number of morpholine rings is 1. The number of amides is 2. The highest BCUT2D eigenvalue weighted by Crippen LogP contribution is 2.18. The maximum atomic E-state index is 12.1. The summed E-state index contributed by atoms with van der Waals surface area (Å²) >= 11 is 0. The number of nitrogens with zero attached hydrogens (tertiary/aromatic N) is 1. The van der Waals surface area contributed by atoms with E-state index >= 15 is 0 Å². The van der Waals surface area contributed by atoms with Gasteiger partial charge in [-0.05, 0) is 30.5 Å². The van der Waals surface area contributed by atoms with Crippen molar-refractivity contribution in [2.75, 3.05) is 25.0 Å². The van der Waals surface area contributed by atoms with Crippen LogP contribution in [-0.4, -0.2) is 42.5 Å². The van der Waals surface area contributed by atoms with Crippen molar-refractivity contribution in [1.82, 2.24) is 4.90 Å². The van der Waals surface area contributed by atoms with E-state index in [0.717, 1.165) is 5.69 Å². The van der Waals surface area contributed by atoms with E-state index in [-0.39, 0.29) is 18.2 Å².